The first kappa shape index (κ1) is 21.1. The first-order chi connectivity index (χ1) is 13.8. The number of aromatic amines is 1. The summed E-state index contributed by atoms with van der Waals surface area (Å²) >= 11 is 6.06. The number of H-pyrrole nitrogens is 1. The van der Waals surface area contributed by atoms with Crippen molar-refractivity contribution in [3.8, 4) is 11.8 Å². The van der Waals surface area contributed by atoms with E-state index in [-0.39, 0.29) is 13.2 Å². The second-order valence-electron chi connectivity index (χ2n) is 7.40. The van der Waals surface area contributed by atoms with Gasteiger partial charge in [0.15, 0.2) is 0 Å². The normalized spacial score (nSPS) is 11.5. The van der Waals surface area contributed by atoms with Crippen LogP contribution in [0.4, 0.5) is 0 Å². The number of imidazole rings is 1. The Bertz CT molecular complexity index is 1130. The Labute approximate surface area is 172 Å². The van der Waals surface area contributed by atoms with Crippen LogP contribution in [-0.4, -0.2) is 25.8 Å². The molecule has 2 aromatic heterocycles. The van der Waals surface area contributed by atoms with E-state index in [1.54, 1.807) is 35.9 Å². The third kappa shape index (κ3) is 4.38. The Kier molecular flexibility index (Phi) is 6.44. The number of aliphatic hydroxyl groups excluding tert-OH is 1. The van der Waals surface area contributed by atoms with Gasteiger partial charge in [-0.1, -0.05) is 31.5 Å². The number of aromatic nitrogens is 4. The third-order valence-corrected chi connectivity index (χ3v) is 4.98. The fourth-order valence-electron chi connectivity index (χ4n) is 3.16. The molecule has 8 nitrogen and oxygen atoms in total. The van der Waals surface area contributed by atoms with Gasteiger partial charge in [-0.2, -0.15) is 9.55 Å². The summed E-state index contributed by atoms with van der Waals surface area (Å²) in [5.74, 6) is 0.934. The molecular formula is C20H26ClN4O4+. The molecular weight excluding hydrogens is 396 g/mol. The molecule has 0 atom stereocenters. The monoisotopic (exact) mass is 421 g/mol. The number of nitrogens with zero attached hydrogens (tertiary/aromatic N) is 3. The molecule has 0 amide bonds. The molecule has 1 aromatic carbocycles. The number of hydrogen-bond acceptors (Lipinski definition) is 4. The number of hydrogen-bond donors (Lipinski definition) is 2. The molecule has 0 fully saturated rings. The van der Waals surface area contributed by atoms with Crippen molar-refractivity contribution in [2.24, 2.45) is 13.0 Å². The highest BCUT2D eigenvalue weighted by atomic mass is 35.5. The second-order valence-corrected chi connectivity index (χ2v) is 7.83. The minimum Gasteiger partial charge on any atom is -0.396 e. The standard InChI is InChI=1S/C20H25ClN4O4/c1-13(2)8-10-24-16-17(22-19(24)29-15-7-4-6-14(21)12-15)23(3)20(28)25(18(16)27)9-5-11-26/h4,6-7,12-13,26H,5,8-11H2,1-3H3/p+1. The number of aryl methyl sites for hydroxylation is 2. The van der Waals surface area contributed by atoms with Crippen LogP contribution in [0, 0.1) is 5.92 Å². The molecule has 9 heteroatoms. The Balaban J connectivity index is 2.21. The van der Waals surface area contributed by atoms with Gasteiger partial charge in [-0.3, -0.25) is 13.9 Å². The van der Waals surface area contributed by atoms with E-state index in [1.165, 1.54) is 4.57 Å². The zero-order valence-electron chi connectivity index (χ0n) is 16.8. The van der Waals surface area contributed by atoms with Gasteiger partial charge in [-0.05, 0) is 37.0 Å². The van der Waals surface area contributed by atoms with Crippen molar-refractivity contribution in [1.82, 2.24) is 14.1 Å². The predicted octanol–water partition coefficient (Wildman–Crippen LogP) is 2.19. The molecule has 2 heterocycles. The van der Waals surface area contributed by atoms with Crippen molar-refractivity contribution >= 4 is 22.8 Å². The molecule has 0 unspecified atom stereocenters. The third-order valence-electron chi connectivity index (χ3n) is 4.75. The maximum atomic E-state index is 13.1. The molecule has 0 bridgehead atoms. The van der Waals surface area contributed by atoms with Crippen molar-refractivity contribution in [2.45, 2.75) is 39.8 Å². The number of fused-ring (bicyclic) bond motifs is 1. The number of ether oxygens (including phenoxy) is 1. The van der Waals surface area contributed by atoms with Crippen molar-refractivity contribution in [2.75, 3.05) is 6.61 Å². The summed E-state index contributed by atoms with van der Waals surface area (Å²) in [5.41, 5.74) is -0.0937. The summed E-state index contributed by atoms with van der Waals surface area (Å²) in [4.78, 5) is 28.9. The molecule has 0 aliphatic rings. The molecule has 2 N–H and O–H groups in total. The van der Waals surface area contributed by atoms with Crippen LogP contribution in [0.5, 0.6) is 11.8 Å². The SMILES string of the molecule is CC(C)CC[n+]1c(Oc2cccc(Cl)c2)[nH]c2c1c(=O)n(CCCO)c(=O)n2C. The molecule has 29 heavy (non-hydrogen) atoms. The molecule has 0 radical (unpaired) electrons. The molecule has 0 saturated carbocycles. The summed E-state index contributed by atoms with van der Waals surface area (Å²) in [6.45, 7) is 4.79. The number of aliphatic hydroxyl groups is 1. The minimum absolute atomic E-state index is 0.1000. The zero-order chi connectivity index (χ0) is 21.1. The van der Waals surface area contributed by atoms with Crippen LogP contribution in [0.2, 0.25) is 5.02 Å². The fourth-order valence-corrected chi connectivity index (χ4v) is 3.34. The summed E-state index contributed by atoms with van der Waals surface area (Å²) in [6.07, 6.45) is 1.14. The average Bonchev–Trinajstić information content (AvgIpc) is 3.03. The summed E-state index contributed by atoms with van der Waals surface area (Å²) in [5, 5.41) is 9.65. The summed E-state index contributed by atoms with van der Waals surface area (Å²) < 4.78 is 10.3. The zero-order valence-corrected chi connectivity index (χ0v) is 17.6. The van der Waals surface area contributed by atoms with Gasteiger partial charge in [-0.25, -0.2) is 4.79 Å². The predicted molar refractivity (Wildman–Crippen MR) is 111 cm³/mol. The lowest BCUT2D eigenvalue weighted by Gasteiger charge is -2.07. The van der Waals surface area contributed by atoms with E-state index in [0.717, 1.165) is 11.0 Å². The molecule has 156 valence electrons. The lowest BCUT2D eigenvalue weighted by molar-refractivity contribution is -0.677. The number of rotatable bonds is 8. The number of benzene rings is 1. The average molecular weight is 422 g/mol. The highest BCUT2D eigenvalue weighted by molar-refractivity contribution is 6.30. The van der Waals surface area contributed by atoms with E-state index in [9.17, 15) is 9.59 Å². The van der Waals surface area contributed by atoms with E-state index >= 15 is 0 Å². The second kappa shape index (κ2) is 8.84. The van der Waals surface area contributed by atoms with Crippen LogP contribution >= 0.6 is 11.6 Å². The molecule has 3 rings (SSSR count). The van der Waals surface area contributed by atoms with Gasteiger partial charge in [0.25, 0.3) is 11.2 Å². The van der Waals surface area contributed by atoms with E-state index in [2.05, 4.69) is 18.8 Å². The van der Waals surface area contributed by atoms with Crippen LogP contribution in [0.1, 0.15) is 26.7 Å². The Morgan fingerprint density at radius 1 is 1.31 bits per heavy atom. The molecule has 0 saturated heterocycles. The van der Waals surface area contributed by atoms with Gasteiger partial charge in [0.05, 0.1) is 6.54 Å². The first-order valence-electron chi connectivity index (χ1n) is 9.63. The Morgan fingerprint density at radius 2 is 2.07 bits per heavy atom. The van der Waals surface area contributed by atoms with Gasteiger partial charge in [0.2, 0.25) is 0 Å². The Morgan fingerprint density at radius 3 is 2.72 bits per heavy atom. The molecule has 0 aliphatic heterocycles. The molecule has 0 aliphatic carbocycles. The highest BCUT2D eigenvalue weighted by Gasteiger charge is 2.28. The molecule has 3 aromatic rings. The van der Waals surface area contributed by atoms with E-state index in [1.807, 2.05) is 0 Å². The lowest BCUT2D eigenvalue weighted by Crippen LogP contribution is -2.45. The van der Waals surface area contributed by atoms with Crippen LogP contribution in [0.15, 0.2) is 33.9 Å². The van der Waals surface area contributed by atoms with Crippen molar-refractivity contribution in [1.29, 1.82) is 0 Å². The van der Waals surface area contributed by atoms with E-state index in [4.69, 9.17) is 21.4 Å². The molecule has 0 spiro atoms. The smallest absolute Gasteiger partial charge is 0.396 e. The topological polar surface area (TPSA) is 93.1 Å². The largest absolute Gasteiger partial charge is 0.461 e. The van der Waals surface area contributed by atoms with E-state index < -0.39 is 11.2 Å². The highest BCUT2D eigenvalue weighted by Crippen LogP contribution is 2.22. The first-order valence-corrected chi connectivity index (χ1v) is 10.0. The van der Waals surface area contributed by atoms with Gasteiger partial charge in [0.1, 0.15) is 5.75 Å². The number of halogens is 1. The lowest BCUT2D eigenvalue weighted by atomic mass is 10.1. The summed E-state index contributed by atoms with van der Waals surface area (Å²) in [6, 6.07) is 7.32. The fraction of sp³-hybridized carbons (Fsp3) is 0.450. The van der Waals surface area contributed by atoms with Crippen LogP contribution < -0.4 is 20.6 Å². The van der Waals surface area contributed by atoms with Gasteiger partial charge in [0, 0.05) is 25.2 Å². The maximum Gasteiger partial charge on any atom is 0.461 e. The summed E-state index contributed by atoms with van der Waals surface area (Å²) in [7, 11) is 1.60. The number of nitrogens with one attached hydrogen (secondary N) is 1. The van der Waals surface area contributed by atoms with Crippen molar-refractivity contribution < 1.29 is 14.4 Å². The van der Waals surface area contributed by atoms with E-state index in [0.29, 0.717) is 46.8 Å². The van der Waals surface area contributed by atoms with Crippen LogP contribution in [-0.2, 0) is 20.1 Å². The van der Waals surface area contributed by atoms with Gasteiger partial charge in [-0.15, -0.1) is 0 Å². The van der Waals surface area contributed by atoms with Crippen molar-refractivity contribution in [3.05, 3.63) is 50.1 Å². The van der Waals surface area contributed by atoms with Gasteiger partial charge < -0.3 is 9.84 Å². The maximum absolute atomic E-state index is 13.1. The quantitative estimate of drug-likeness (QED) is 0.545. The Hall–Kier alpha value is -2.58. The van der Waals surface area contributed by atoms with Crippen molar-refractivity contribution in [3.63, 3.8) is 0 Å². The minimum atomic E-state index is -0.442. The van der Waals surface area contributed by atoms with Gasteiger partial charge >= 0.3 is 17.3 Å². The van der Waals surface area contributed by atoms with Crippen LogP contribution in [0.25, 0.3) is 11.2 Å². The van der Waals surface area contributed by atoms with Crippen LogP contribution in [0.3, 0.4) is 0 Å².